The van der Waals surface area contributed by atoms with Crippen LogP contribution in [0.1, 0.15) is 27.2 Å². The van der Waals surface area contributed by atoms with Crippen LogP contribution >= 0.6 is 0 Å². The smallest absolute Gasteiger partial charge is 0.323 e. The molecule has 1 atom stereocenters. The number of carboxylic acid groups (broad SMARTS) is 1. The molecule has 0 aromatic heterocycles. The van der Waals surface area contributed by atoms with Crippen molar-refractivity contribution in [1.29, 1.82) is 0 Å². The summed E-state index contributed by atoms with van der Waals surface area (Å²) in [7, 11) is 0. The molecule has 0 fully saturated rings. The summed E-state index contributed by atoms with van der Waals surface area (Å²) >= 11 is 0. The van der Waals surface area contributed by atoms with E-state index in [4.69, 9.17) is 5.11 Å². The van der Waals surface area contributed by atoms with E-state index in [1.807, 2.05) is 13.8 Å². The van der Waals surface area contributed by atoms with Crippen molar-refractivity contribution in [3.8, 4) is 0 Å². The number of nitrogens with zero attached hydrogens (tertiary/aromatic N) is 1. The number of carboxylic acids is 1. The van der Waals surface area contributed by atoms with Crippen LogP contribution in [0, 0.1) is 0 Å². The second-order valence-corrected chi connectivity index (χ2v) is 2.80. The van der Waals surface area contributed by atoms with E-state index in [1.165, 1.54) is 11.8 Å². The van der Waals surface area contributed by atoms with E-state index in [-0.39, 0.29) is 18.5 Å². The van der Waals surface area contributed by atoms with Gasteiger partial charge in [0.2, 0.25) is 5.91 Å². The van der Waals surface area contributed by atoms with Crippen molar-refractivity contribution >= 4 is 11.9 Å². The number of aliphatic carboxylic acids is 1. The molecule has 1 amide bonds. The van der Waals surface area contributed by atoms with Crippen LogP contribution in [-0.4, -0.2) is 34.5 Å². The summed E-state index contributed by atoms with van der Waals surface area (Å²) in [6.07, 6.45) is 0.771. The third-order valence-electron chi connectivity index (χ3n) is 1.83. The Morgan fingerprint density at radius 1 is 1.50 bits per heavy atom. The Hall–Kier alpha value is -1.06. The number of carbonyl (C=O) groups excluding carboxylic acids is 1. The van der Waals surface area contributed by atoms with Crippen LogP contribution in [-0.2, 0) is 9.59 Å². The highest BCUT2D eigenvalue weighted by molar-refractivity contribution is 5.79. The number of hydrogen-bond acceptors (Lipinski definition) is 2. The fourth-order valence-electron chi connectivity index (χ4n) is 0.944. The SMILES string of the molecule is CCC(C)N(CC(=O)O)C(C)=O. The zero-order chi connectivity index (χ0) is 9.72. The van der Waals surface area contributed by atoms with Crippen LogP contribution in [0.2, 0.25) is 0 Å². The van der Waals surface area contributed by atoms with Gasteiger partial charge in [0.05, 0.1) is 0 Å². The van der Waals surface area contributed by atoms with Gasteiger partial charge in [-0.15, -0.1) is 0 Å². The van der Waals surface area contributed by atoms with Gasteiger partial charge < -0.3 is 10.0 Å². The van der Waals surface area contributed by atoms with Gasteiger partial charge in [-0.2, -0.15) is 0 Å². The Labute approximate surface area is 72.2 Å². The van der Waals surface area contributed by atoms with Gasteiger partial charge in [-0.25, -0.2) is 0 Å². The molecular formula is C8H15NO3. The molecule has 0 saturated carbocycles. The molecule has 0 aromatic rings. The zero-order valence-corrected chi connectivity index (χ0v) is 7.70. The summed E-state index contributed by atoms with van der Waals surface area (Å²) in [5.74, 6) is -1.16. The molecule has 0 aliphatic heterocycles. The summed E-state index contributed by atoms with van der Waals surface area (Å²) in [6.45, 7) is 4.94. The van der Waals surface area contributed by atoms with Gasteiger partial charge in [-0.05, 0) is 13.3 Å². The standard InChI is InChI=1S/C8H15NO3/c1-4-6(2)9(7(3)10)5-8(11)12/h6H,4-5H2,1-3H3,(H,11,12). The van der Waals surface area contributed by atoms with E-state index in [0.717, 1.165) is 6.42 Å². The fourth-order valence-corrected chi connectivity index (χ4v) is 0.944. The molecule has 1 unspecified atom stereocenters. The minimum absolute atomic E-state index is 0.00130. The zero-order valence-electron chi connectivity index (χ0n) is 7.70. The summed E-state index contributed by atoms with van der Waals surface area (Å²) in [5, 5.41) is 8.48. The number of hydrogen-bond donors (Lipinski definition) is 1. The van der Waals surface area contributed by atoms with Crippen LogP contribution in [0.4, 0.5) is 0 Å². The highest BCUT2D eigenvalue weighted by Gasteiger charge is 2.17. The molecule has 70 valence electrons. The maximum atomic E-state index is 10.9. The second-order valence-electron chi connectivity index (χ2n) is 2.80. The van der Waals surface area contributed by atoms with Crippen molar-refractivity contribution in [2.75, 3.05) is 6.54 Å². The average Bonchev–Trinajstić information content (AvgIpc) is 1.98. The van der Waals surface area contributed by atoms with E-state index >= 15 is 0 Å². The van der Waals surface area contributed by atoms with E-state index in [2.05, 4.69) is 0 Å². The van der Waals surface area contributed by atoms with Gasteiger partial charge in [0, 0.05) is 13.0 Å². The lowest BCUT2D eigenvalue weighted by Crippen LogP contribution is -2.40. The monoisotopic (exact) mass is 173 g/mol. The lowest BCUT2D eigenvalue weighted by atomic mass is 10.2. The van der Waals surface area contributed by atoms with Gasteiger partial charge >= 0.3 is 5.97 Å². The van der Waals surface area contributed by atoms with Crippen LogP contribution in [0.25, 0.3) is 0 Å². The van der Waals surface area contributed by atoms with Crippen molar-refractivity contribution in [3.05, 3.63) is 0 Å². The lowest BCUT2D eigenvalue weighted by Gasteiger charge is -2.25. The largest absolute Gasteiger partial charge is 0.480 e. The van der Waals surface area contributed by atoms with Gasteiger partial charge in [0.1, 0.15) is 6.54 Å². The van der Waals surface area contributed by atoms with Crippen molar-refractivity contribution in [3.63, 3.8) is 0 Å². The van der Waals surface area contributed by atoms with Crippen molar-refractivity contribution in [2.24, 2.45) is 0 Å². The summed E-state index contributed by atoms with van der Waals surface area (Å²) in [6, 6.07) is -0.00130. The molecule has 0 heterocycles. The molecule has 4 heteroatoms. The first-order chi connectivity index (χ1) is 5.49. The summed E-state index contributed by atoms with van der Waals surface area (Å²) < 4.78 is 0. The fraction of sp³-hybridized carbons (Fsp3) is 0.750. The van der Waals surface area contributed by atoms with Crippen molar-refractivity contribution in [2.45, 2.75) is 33.2 Å². The molecule has 0 spiro atoms. The van der Waals surface area contributed by atoms with Crippen molar-refractivity contribution < 1.29 is 14.7 Å². The van der Waals surface area contributed by atoms with E-state index < -0.39 is 5.97 Å². The Kier molecular flexibility index (Phi) is 4.33. The molecule has 0 aromatic carbocycles. The van der Waals surface area contributed by atoms with Crippen LogP contribution < -0.4 is 0 Å². The first kappa shape index (κ1) is 10.9. The molecule has 0 rings (SSSR count). The van der Waals surface area contributed by atoms with Gasteiger partial charge in [0.25, 0.3) is 0 Å². The van der Waals surface area contributed by atoms with Gasteiger partial charge in [-0.1, -0.05) is 6.92 Å². The normalized spacial score (nSPS) is 12.2. The molecule has 0 aliphatic rings. The Morgan fingerprint density at radius 3 is 2.25 bits per heavy atom. The summed E-state index contributed by atoms with van der Waals surface area (Å²) in [5.41, 5.74) is 0. The maximum absolute atomic E-state index is 10.9. The third kappa shape index (κ3) is 3.37. The maximum Gasteiger partial charge on any atom is 0.323 e. The predicted molar refractivity (Wildman–Crippen MR) is 44.8 cm³/mol. The molecule has 1 N–H and O–H groups in total. The first-order valence-corrected chi connectivity index (χ1v) is 3.98. The minimum Gasteiger partial charge on any atom is -0.480 e. The van der Waals surface area contributed by atoms with Gasteiger partial charge in [-0.3, -0.25) is 9.59 Å². The summed E-state index contributed by atoms with van der Waals surface area (Å²) in [4.78, 5) is 22.6. The molecule has 0 bridgehead atoms. The highest BCUT2D eigenvalue weighted by Crippen LogP contribution is 2.02. The third-order valence-corrected chi connectivity index (χ3v) is 1.83. The molecule has 0 radical (unpaired) electrons. The first-order valence-electron chi connectivity index (χ1n) is 3.98. The van der Waals surface area contributed by atoms with E-state index in [0.29, 0.717) is 0 Å². The van der Waals surface area contributed by atoms with Crippen molar-refractivity contribution in [1.82, 2.24) is 4.90 Å². The molecule has 4 nitrogen and oxygen atoms in total. The number of carbonyl (C=O) groups is 2. The quantitative estimate of drug-likeness (QED) is 0.681. The number of amides is 1. The lowest BCUT2D eigenvalue weighted by molar-refractivity contribution is -0.145. The van der Waals surface area contributed by atoms with Crippen LogP contribution in [0.5, 0.6) is 0 Å². The number of rotatable bonds is 4. The minimum atomic E-state index is -0.967. The Morgan fingerprint density at radius 2 is 2.00 bits per heavy atom. The van der Waals surface area contributed by atoms with Gasteiger partial charge in [0.15, 0.2) is 0 Å². The molecule has 0 aliphatic carbocycles. The van der Waals surface area contributed by atoms with Crippen LogP contribution in [0.15, 0.2) is 0 Å². The second kappa shape index (κ2) is 4.74. The Bertz CT molecular complexity index is 179. The van der Waals surface area contributed by atoms with E-state index in [9.17, 15) is 9.59 Å². The van der Waals surface area contributed by atoms with E-state index in [1.54, 1.807) is 0 Å². The topological polar surface area (TPSA) is 57.6 Å². The predicted octanol–water partition coefficient (Wildman–Crippen LogP) is 0.718. The molecule has 12 heavy (non-hydrogen) atoms. The highest BCUT2D eigenvalue weighted by atomic mass is 16.4. The van der Waals surface area contributed by atoms with Crippen LogP contribution in [0.3, 0.4) is 0 Å². The average molecular weight is 173 g/mol. The molecular weight excluding hydrogens is 158 g/mol. The Balaban J connectivity index is 4.22. The molecule has 0 saturated heterocycles.